The number of rotatable bonds is 5. The second-order valence-electron chi connectivity index (χ2n) is 4.19. The van der Waals surface area contributed by atoms with E-state index in [0.717, 1.165) is 0 Å². The Hall–Kier alpha value is -1.47. The van der Waals surface area contributed by atoms with Crippen molar-refractivity contribution in [1.29, 1.82) is 0 Å². The molecular formula is C12H12BrNO5. The van der Waals surface area contributed by atoms with Crippen LogP contribution in [0.15, 0.2) is 22.7 Å². The van der Waals surface area contributed by atoms with Gasteiger partial charge in [0.15, 0.2) is 5.78 Å². The first-order valence-electron chi connectivity index (χ1n) is 5.75. The van der Waals surface area contributed by atoms with Crippen LogP contribution in [-0.4, -0.2) is 30.5 Å². The first kappa shape index (κ1) is 14.0. The minimum Gasteiger partial charge on any atom is -0.484 e. The SMILES string of the molecule is O=C(COc1cc([N+](=O)[O-])ccc1Br)C1CCOC1. The average molecular weight is 330 g/mol. The Kier molecular flexibility index (Phi) is 4.49. The van der Waals surface area contributed by atoms with Crippen molar-refractivity contribution in [2.24, 2.45) is 5.92 Å². The number of benzene rings is 1. The molecule has 1 saturated heterocycles. The minimum absolute atomic E-state index is 0.0455. The van der Waals surface area contributed by atoms with Crippen LogP contribution >= 0.6 is 15.9 Å². The molecule has 2 rings (SSSR count). The Bertz CT molecular complexity index is 499. The number of carbonyl (C=O) groups is 1. The van der Waals surface area contributed by atoms with Gasteiger partial charge in [-0.3, -0.25) is 14.9 Å². The van der Waals surface area contributed by atoms with Crippen molar-refractivity contribution >= 4 is 27.4 Å². The van der Waals surface area contributed by atoms with Gasteiger partial charge >= 0.3 is 0 Å². The predicted molar refractivity (Wildman–Crippen MR) is 70.2 cm³/mol. The van der Waals surface area contributed by atoms with Crippen molar-refractivity contribution in [1.82, 2.24) is 0 Å². The van der Waals surface area contributed by atoms with Gasteiger partial charge in [-0.1, -0.05) is 0 Å². The number of nitro benzene ring substituents is 1. The normalized spacial score (nSPS) is 18.3. The molecule has 1 aromatic rings. The van der Waals surface area contributed by atoms with Crippen molar-refractivity contribution in [3.63, 3.8) is 0 Å². The summed E-state index contributed by atoms with van der Waals surface area (Å²) in [6.45, 7) is 0.920. The van der Waals surface area contributed by atoms with Crippen LogP contribution in [0, 0.1) is 16.0 Å². The third kappa shape index (κ3) is 3.51. The standard InChI is InChI=1S/C12H12BrNO5/c13-10-2-1-9(14(16)17)5-12(10)19-7-11(15)8-3-4-18-6-8/h1-2,5,8H,3-4,6-7H2. The van der Waals surface area contributed by atoms with Gasteiger partial charge in [0, 0.05) is 18.6 Å². The van der Waals surface area contributed by atoms with Crippen LogP contribution in [0.1, 0.15) is 6.42 Å². The lowest BCUT2D eigenvalue weighted by Crippen LogP contribution is -2.21. The molecule has 1 unspecified atom stereocenters. The van der Waals surface area contributed by atoms with Crippen LogP contribution in [0.25, 0.3) is 0 Å². The van der Waals surface area contributed by atoms with Crippen LogP contribution in [0.4, 0.5) is 5.69 Å². The summed E-state index contributed by atoms with van der Waals surface area (Å²) in [7, 11) is 0. The Morgan fingerprint density at radius 3 is 3.00 bits per heavy atom. The number of Topliss-reactive ketones (excluding diaryl/α,β-unsaturated/α-hetero) is 1. The molecule has 0 saturated carbocycles. The summed E-state index contributed by atoms with van der Waals surface area (Å²) in [6, 6.07) is 4.18. The molecule has 0 aromatic heterocycles. The van der Waals surface area contributed by atoms with Crippen molar-refractivity contribution in [3.05, 3.63) is 32.8 Å². The topological polar surface area (TPSA) is 78.7 Å². The highest BCUT2D eigenvalue weighted by molar-refractivity contribution is 9.10. The lowest BCUT2D eigenvalue weighted by atomic mass is 10.0. The first-order chi connectivity index (χ1) is 9.08. The average Bonchev–Trinajstić information content (AvgIpc) is 2.91. The monoisotopic (exact) mass is 329 g/mol. The maximum absolute atomic E-state index is 11.8. The summed E-state index contributed by atoms with van der Waals surface area (Å²) in [6.07, 6.45) is 0.707. The fourth-order valence-corrected chi connectivity index (χ4v) is 2.13. The van der Waals surface area contributed by atoms with Crippen LogP contribution < -0.4 is 4.74 Å². The summed E-state index contributed by atoms with van der Waals surface area (Å²) in [4.78, 5) is 21.9. The van der Waals surface area contributed by atoms with Crippen molar-refractivity contribution in [3.8, 4) is 5.75 Å². The van der Waals surface area contributed by atoms with E-state index in [1.54, 1.807) is 0 Å². The van der Waals surface area contributed by atoms with Crippen LogP contribution in [0.5, 0.6) is 5.75 Å². The highest BCUT2D eigenvalue weighted by atomic mass is 79.9. The predicted octanol–water partition coefficient (Wildman–Crippen LogP) is 2.34. The Labute approximate surface area is 118 Å². The van der Waals surface area contributed by atoms with Gasteiger partial charge in [-0.25, -0.2) is 0 Å². The molecule has 1 heterocycles. The second-order valence-corrected chi connectivity index (χ2v) is 5.04. The summed E-state index contributed by atoms with van der Waals surface area (Å²) in [5.41, 5.74) is -0.0742. The number of non-ortho nitro benzene ring substituents is 1. The molecule has 6 nitrogen and oxygen atoms in total. The van der Waals surface area contributed by atoms with Gasteiger partial charge in [-0.05, 0) is 28.4 Å². The van der Waals surface area contributed by atoms with Gasteiger partial charge in [0.25, 0.3) is 5.69 Å². The fourth-order valence-electron chi connectivity index (χ4n) is 1.77. The van der Waals surface area contributed by atoms with E-state index < -0.39 is 4.92 Å². The Balaban J connectivity index is 2.00. The molecule has 0 spiro atoms. The molecule has 19 heavy (non-hydrogen) atoms. The molecule has 0 radical (unpaired) electrons. The number of nitrogens with zero attached hydrogens (tertiary/aromatic N) is 1. The Morgan fingerprint density at radius 1 is 1.58 bits per heavy atom. The molecule has 0 amide bonds. The Morgan fingerprint density at radius 2 is 2.37 bits per heavy atom. The molecular weight excluding hydrogens is 318 g/mol. The number of carbonyl (C=O) groups excluding carboxylic acids is 1. The summed E-state index contributed by atoms with van der Waals surface area (Å²) >= 11 is 3.23. The number of hydrogen-bond acceptors (Lipinski definition) is 5. The highest BCUT2D eigenvalue weighted by Crippen LogP contribution is 2.29. The highest BCUT2D eigenvalue weighted by Gasteiger charge is 2.24. The molecule has 1 atom stereocenters. The molecule has 1 aromatic carbocycles. The molecule has 7 heteroatoms. The van der Waals surface area contributed by atoms with Crippen LogP contribution in [0.3, 0.4) is 0 Å². The number of ketones is 1. The van der Waals surface area contributed by atoms with Gasteiger partial charge in [0.1, 0.15) is 12.4 Å². The smallest absolute Gasteiger partial charge is 0.273 e. The number of halogens is 1. The van der Waals surface area contributed by atoms with E-state index in [-0.39, 0.29) is 24.0 Å². The van der Waals surface area contributed by atoms with E-state index in [2.05, 4.69) is 15.9 Å². The molecule has 0 aliphatic carbocycles. The quantitative estimate of drug-likeness (QED) is 0.612. The minimum atomic E-state index is -0.508. The van der Waals surface area contributed by atoms with Crippen LogP contribution in [-0.2, 0) is 9.53 Å². The molecule has 0 N–H and O–H groups in total. The number of ether oxygens (including phenoxy) is 2. The molecule has 1 aliphatic heterocycles. The zero-order valence-electron chi connectivity index (χ0n) is 10.0. The zero-order valence-corrected chi connectivity index (χ0v) is 11.6. The van der Waals surface area contributed by atoms with E-state index >= 15 is 0 Å². The van der Waals surface area contributed by atoms with Gasteiger partial charge in [0.05, 0.1) is 22.1 Å². The van der Waals surface area contributed by atoms with E-state index in [4.69, 9.17) is 9.47 Å². The summed E-state index contributed by atoms with van der Waals surface area (Å²) < 4.78 is 11.1. The van der Waals surface area contributed by atoms with Crippen molar-refractivity contribution in [2.75, 3.05) is 19.8 Å². The van der Waals surface area contributed by atoms with Crippen molar-refractivity contribution < 1.29 is 19.2 Å². The van der Waals surface area contributed by atoms with Gasteiger partial charge in [-0.15, -0.1) is 0 Å². The molecule has 1 aliphatic rings. The lowest BCUT2D eigenvalue weighted by molar-refractivity contribution is -0.385. The van der Waals surface area contributed by atoms with Crippen LogP contribution in [0.2, 0.25) is 0 Å². The van der Waals surface area contributed by atoms with E-state index in [0.29, 0.717) is 29.9 Å². The molecule has 0 bridgehead atoms. The van der Waals surface area contributed by atoms with Gasteiger partial charge < -0.3 is 9.47 Å². The van der Waals surface area contributed by atoms with E-state index in [1.807, 2.05) is 0 Å². The molecule has 1 fully saturated rings. The fraction of sp³-hybridized carbons (Fsp3) is 0.417. The zero-order chi connectivity index (χ0) is 13.8. The largest absolute Gasteiger partial charge is 0.484 e. The van der Waals surface area contributed by atoms with Gasteiger partial charge in [-0.2, -0.15) is 0 Å². The van der Waals surface area contributed by atoms with Gasteiger partial charge in [0.2, 0.25) is 0 Å². The van der Waals surface area contributed by atoms with E-state index in [9.17, 15) is 14.9 Å². The summed E-state index contributed by atoms with van der Waals surface area (Å²) in [5.74, 6) is 0.120. The number of nitro groups is 1. The third-order valence-electron chi connectivity index (χ3n) is 2.88. The van der Waals surface area contributed by atoms with Crippen molar-refractivity contribution in [2.45, 2.75) is 6.42 Å². The number of hydrogen-bond donors (Lipinski definition) is 0. The third-order valence-corrected chi connectivity index (χ3v) is 3.54. The first-order valence-corrected chi connectivity index (χ1v) is 6.54. The lowest BCUT2D eigenvalue weighted by Gasteiger charge is -2.10. The summed E-state index contributed by atoms with van der Waals surface area (Å²) in [5, 5.41) is 10.7. The molecule has 102 valence electrons. The maximum Gasteiger partial charge on any atom is 0.273 e. The second kappa shape index (κ2) is 6.12. The van der Waals surface area contributed by atoms with E-state index in [1.165, 1.54) is 18.2 Å². The maximum atomic E-state index is 11.8.